The number of hydroxylamine groups is 2. The quantitative estimate of drug-likeness (QED) is 0.265. The van der Waals surface area contributed by atoms with Crippen molar-refractivity contribution < 1.29 is 33.9 Å². The van der Waals surface area contributed by atoms with Crippen molar-refractivity contribution in [3.05, 3.63) is 42.1 Å². The average Bonchev–Trinajstić information content (AvgIpc) is 3.44. The van der Waals surface area contributed by atoms with Gasteiger partial charge in [-0.2, -0.15) is 0 Å². The fraction of sp³-hybridized carbons (Fsp3) is 0.562. The number of aliphatic carboxylic acids is 1. The Hall–Kier alpha value is -4.26. The van der Waals surface area contributed by atoms with Crippen molar-refractivity contribution in [3.63, 3.8) is 0 Å². The van der Waals surface area contributed by atoms with Gasteiger partial charge in [0.25, 0.3) is 5.91 Å². The molecular weight excluding hydrogens is 580 g/mol. The van der Waals surface area contributed by atoms with Crippen LogP contribution in [0.15, 0.2) is 36.4 Å². The number of anilines is 1. The Kier molecular flexibility index (Phi) is 10.2. The lowest BCUT2D eigenvalue weighted by atomic mass is 10.0. The van der Waals surface area contributed by atoms with Crippen LogP contribution in [-0.4, -0.2) is 101 Å². The Morgan fingerprint density at radius 2 is 1.71 bits per heavy atom. The van der Waals surface area contributed by atoms with Gasteiger partial charge in [0, 0.05) is 44.2 Å². The number of amides is 2. The maximum atomic E-state index is 13.7. The Morgan fingerprint density at radius 1 is 1.02 bits per heavy atom. The van der Waals surface area contributed by atoms with Crippen molar-refractivity contribution in [2.75, 3.05) is 50.8 Å². The van der Waals surface area contributed by atoms with Crippen molar-refractivity contribution >= 4 is 29.8 Å². The van der Waals surface area contributed by atoms with Crippen LogP contribution >= 0.6 is 0 Å². The van der Waals surface area contributed by atoms with Crippen LogP contribution in [0.25, 0.3) is 11.4 Å². The molecule has 4 atom stereocenters. The van der Waals surface area contributed by atoms with Crippen LogP contribution in [0, 0.1) is 23.7 Å². The normalized spacial score (nSPS) is 21.6. The first kappa shape index (κ1) is 32.1. The molecule has 1 saturated carbocycles. The number of carboxylic acids is 1. The van der Waals surface area contributed by atoms with Gasteiger partial charge in [-0.1, -0.05) is 57.5 Å². The van der Waals surface area contributed by atoms with E-state index in [0.717, 1.165) is 18.4 Å². The summed E-state index contributed by atoms with van der Waals surface area (Å²) in [5, 5.41) is 13.6. The van der Waals surface area contributed by atoms with Gasteiger partial charge in [-0.15, -0.1) is 5.06 Å². The molecule has 0 spiro atoms. The zero-order valence-corrected chi connectivity index (χ0v) is 26.1. The molecule has 0 unspecified atom stereocenters. The van der Waals surface area contributed by atoms with Gasteiger partial charge in [0.2, 0.25) is 5.91 Å². The average molecular weight is 623 g/mol. The molecule has 2 aromatic rings. The van der Waals surface area contributed by atoms with E-state index in [4.69, 9.17) is 14.6 Å². The summed E-state index contributed by atoms with van der Waals surface area (Å²) < 4.78 is 5.05. The number of piperazine rings is 1. The fourth-order valence-corrected chi connectivity index (χ4v) is 6.13. The molecule has 1 aromatic carbocycles. The van der Waals surface area contributed by atoms with Crippen LogP contribution in [0.1, 0.15) is 50.5 Å². The molecule has 0 bridgehead atoms. The lowest BCUT2D eigenvalue weighted by molar-refractivity contribution is -0.158. The van der Waals surface area contributed by atoms with E-state index in [1.54, 1.807) is 11.0 Å². The molecule has 1 aliphatic carbocycles. The van der Waals surface area contributed by atoms with E-state index in [2.05, 4.69) is 15.2 Å². The van der Waals surface area contributed by atoms with Crippen LogP contribution in [0.2, 0.25) is 0 Å². The van der Waals surface area contributed by atoms with Gasteiger partial charge in [0.05, 0.1) is 19.7 Å². The summed E-state index contributed by atoms with van der Waals surface area (Å²) in [7, 11) is 0. The number of carbonyl (C=O) groups excluding carboxylic acids is 3. The zero-order chi connectivity index (χ0) is 32.1. The number of hydrogen-bond acceptors (Lipinski definition) is 10. The predicted octanol–water partition coefficient (Wildman–Crippen LogP) is 3.07. The molecule has 0 radical (unpaired) electrons. The molecule has 45 heavy (non-hydrogen) atoms. The Morgan fingerprint density at radius 3 is 2.33 bits per heavy atom. The van der Waals surface area contributed by atoms with E-state index < -0.39 is 24.1 Å². The third-order valence-electron chi connectivity index (χ3n) is 8.77. The number of unbranched alkanes of at least 4 members (excludes halogenated alkanes) is 1. The van der Waals surface area contributed by atoms with E-state index in [-0.39, 0.29) is 29.9 Å². The minimum atomic E-state index is -0.793. The van der Waals surface area contributed by atoms with Crippen LogP contribution in [0.3, 0.4) is 0 Å². The van der Waals surface area contributed by atoms with E-state index >= 15 is 0 Å². The lowest BCUT2D eigenvalue weighted by Gasteiger charge is -2.35. The molecule has 2 aliphatic heterocycles. The molecule has 2 saturated heterocycles. The van der Waals surface area contributed by atoms with Gasteiger partial charge in [0.15, 0.2) is 5.82 Å². The van der Waals surface area contributed by atoms with E-state index in [9.17, 15) is 24.3 Å². The number of ether oxygens (including phenoxy) is 1. The minimum absolute atomic E-state index is 0.153. The van der Waals surface area contributed by atoms with Crippen molar-refractivity contribution in [2.45, 2.75) is 46.1 Å². The second kappa shape index (κ2) is 14.2. The standard InChI is InChI=1S/C32H42N6O7/c1-4-5-15-44-32(43)45-38-13-11-36(12-14-38)31(42)28(20(2)3)35-30(41)25-17-26(34-29(33-25)21-9-7-6-8-10-21)37-18-23-22(16-27(39)40)24(23)19-37/h6-10,17,20,22-24,28H,4-5,11-16,18-19H2,1-3H3,(H,35,41)(H,39,40)/t22-,23+,24-,28-/m0/s1. The number of rotatable bonds is 12. The number of carbonyl (C=O) groups is 4. The SMILES string of the molecule is CCCCOC(=O)ON1CCN(C(=O)[C@@H](NC(=O)c2cc(N3C[C@@H]4[C@H](CC(=O)O)[C@@H]4C3)nc(-c3ccccc3)n2)C(C)C)CC1. The number of hydrogen-bond donors (Lipinski definition) is 2. The largest absolute Gasteiger partial charge is 0.527 e. The molecule has 3 aliphatic rings. The molecular formula is C32H42N6O7. The summed E-state index contributed by atoms with van der Waals surface area (Å²) in [6, 6.07) is 10.2. The maximum Gasteiger partial charge on any atom is 0.527 e. The number of nitrogens with one attached hydrogen (secondary N) is 1. The second-order valence-corrected chi connectivity index (χ2v) is 12.3. The highest BCUT2D eigenvalue weighted by Crippen LogP contribution is 2.54. The monoisotopic (exact) mass is 622 g/mol. The topological polar surface area (TPSA) is 154 Å². The number of carboxylic acid groups (broad SMARTS) is 1. The zero-order valence-electron chi connectivity index (χ0n) is 26.1. The summed E-state index contributed by atoms with van der Waals surface area (Å²) >= 11 is 0. The summed E-state index contributed by atoms with van der Waals surface area (Å²) in [5.41, 5.74) is 0.909. The summed E-state index contributed by atoms with van der Waals surface area (Å²) in [4.78, 5) is 68.8. The predicted molar refractivity (Wildman–Crippen MR) is 164 cm³/mol. The smallest absolute Gasteiger partial charge is 0.481 e. The van der Waals surface area contributed by atoms with E-state index in [1.807, 2.05) is 51.1 Å². The van der Waals surface area contributed by atoms with Crippen molar-refractivity contribution in [1.82, 2.24) is 25.2 Å². The van der Waals surface area contributed by atoms with Crippen molar-refractivity contribution in [2.24, 2.45) is 23.7 Å². The lowest BCUT2D eigenvalue weighted by Crippen LogP contribution is -2.56. The molecule has 3 heterocycles. The fourth-order valence-electron chi connectivity index (χ4n) is 6.13. The van der Waals surface area contributed by atoms with Gasteiger partial charge in [0.1, 0.15) is 17.6 Å². The minimum Gasteiger partial charge on any atom is -0.481 e. The number of fused-ring (bicyclic) bond motifs is 1. The highest BCUT2D eigenvalue weighted by atomic mass is 16.8. The molecule has 2 amide bonds. The van der Waals surface area contributed by atoms with Crippen LogP contribution in [0.4, 0.5) is 10.6 Å². The Labute approximate surface area is 262 Å². The summed E-state index contributed by atoms with van der Waals surface area (Å²) in [6.45, 7) is 8.72. The third-order valence-corrected chi connectivity index (χ3v) is 8.77. The molecule has 13 nitrogen and oxygen atoms in total. The molecule has 3 fully saturated rings. The van der Waals surface area contributed by atoms with Crippen LogP contribution in [-0.2, 0) is 19.2 Å². The second-order valence-electron chi connectivity index (χ2n) is 12.3. The first-order valence-corrected chi connectivity index (χ1v) is 15.7. The van der Waals surface area contributed by atoms with Crippen molar-refractivity contribution in [1.29, 1.82) is 0 Å². The van der Waals surface area contributed by atoms with E-state index in [0.29, 0.717) is 69.4 Å². The molecule has 13 heteroatoms. The Bertz CT molecular complexity index is 1370. The van der Waals surface area contributed by atoms with Gasteiger partial charge in [-0.3, -0.25) is 14.4 Å². The Balaban J connectivity index is 1.25. The maximum absolute atomic E-state index is 13.7. The van der Waals surface area contributed by atoms with Crippen LogP contribution in [0.5, 0.6) is 0 Å². The number of nitrogens with zero attached hydrogens (tertiary/aromatic N) is 5. The highest BCUT2D eigenvalue weighted by Gasteiger charge is 2.56. The van der Waals surface area contributed by atoms with Crippen LogP contribution < -0.4 is 10.2 Å². The molecule has 5 rings (SSSR count). The molecule has 2 N–H and O–H groups in total. The van der Waals surface area contributed by atoms with E-state index in [1.165, 1.54) is 5.06 Å². The van der Waals surface area contributed by atoms with Crippen molar-refractivity contribution in [3.8, 4) is 11.4 Å². The molecule has 1 aromatic heterocycles. The number of benzene rings is 1. The third kappa shape index (κ3) is 7.88. The van der Waals surface area contributed by atoms with Gasteiger partial charge >= 0.3 is 12.1 Å². The number of piperidine rings is 1. The summed E-state index contributed by atoms with van der Waals surface area (Å²) in [6.07, 6.45) is 1.09. The first-order valence-electron chi connectivity index (χ1n) is 15.7. The first-order chi connectivity index (χ1) is 21.6. The number of aromatic nitrogens is 2. The van der Waals surface area contributed by atoms with Gasteiger partial charge < -0.3 is 29.8 Å². The summed E-state index contributed by atoms with van der Waals surface area (Å²) in [5.74, 6) is 0.116. The molecule has 242 valence electrons. The van der Waals surface area contributed by atoms with Gasteiger partial charge in [-0.05, 0) is 30.1 Å². The van der Waals surface area contributed by atoms with Gasteiger partial charge in [-0.25, -0.2) is 14.8 Å². The highest BCUT2D eigenvalue weighted by molar-refractivity contribution is 5.97.